The van der Waals surface area contributed by atoms with E-state index in [0.717, 1.165) is 49.4 Å². The van der Waals surface area contributed by atoms with E-state index in [1.54, 1.807) is 24.3 Å². The Morgan fingerprint density at radius 2 is 0.817 bits per heavy atom. The first kappa shape index (κ1) is 27.7. The number of para-hydroxylation sites is 2. The van der Waals surface area contributed by atoms with Crippen LogP contribution in [0.25, 0.3) is 88.3 Å². The van der Waals surface area contributed by atoms with Crippen LogP contribution in [0, 0.1) is 0 Å². The molecule has 0 spiro atoms. The number of furan rings is 1. The normalized spacial score (nSPS) is 13.2. The van der Waals surface area contributed by atoms with Gasteiger partial charge in [-0.3, -0.25) is 0 Å². The van der Waals surface area contributed by atoms with Crippen molar-refractivity contribution in [3.05, 3.63) is 236 Å². The molecule has 0 amide bonds. The van der Waals surface area contributed by atoms with E-state index in [1.165, 1.54) is 4.90 Å². The Morgan fingerprint density at radius 1 is 0.333 bits per heavy atom. The van der Waals surface area contributed by atoms with Crippen LogP contribution < -0.4 is 4.90 Å². The molecule has 1 heterocycles. The van der Waals surface area contributed by atoms with Gasteiger partial charge in [0.25, 0.3) is 0 Å². The monoisotopic (exact) mass is 773 g/mol. The molecule has 10 aromatic carbocycles. The molecule has 0 N–H and O–H groups in total. The zero-order valence-corrected chi connectivity index (χ0v) is 32.3. The van der Waals surface area contributed by atoms with Crippen LogP contribution in [0.3, 0.4) is 0 Å². The molecule has 2 heteroatoms. The summed E-state index contributed by atoms with van der Waals surface area (Å²) in [5, 5.41) is 3.23. The van der Waals surface area contributed by atoms with Gasteiger partial charge in [-0.1, -0.05) is 200 Å². The van der Waals surface area contributed by atoms with Crippen LogP contribution in [0.5, 0.6) is 0 Å². The van der Waals surface area contributed by atoms with Crippen molar-refractivity contribution < 1.29 is 15.4 Å². The molecule has 0 fully saturated rings. The van der Waals surface area contributed by atoms with Crippen molar-refractivity contribution in [1.29, 1.82) is 0 Å². The van der Waals surface area contributed by atoms with E-state index in [2.05, 4.69) is 0 Å². The minimum atomic E-state index is -0.448. The quantitative estimate of drug-likeness (QED) is 0.153. The van der Waals surface area contributed by atoms with Gasteiger partial charge in [0.1, 0.15) is 11.2 Å². The summed E-state index contributed by atoms with van der Waals surface area (Å²) in [6, 6.07) is 56.1. The van der Waals surface area contributed by atoms with Crippen LogP contribution in [0.15, 0.2) is 241 Å². The van der Waals surface area contributed by atoms with Gasteiger partial charge >= 0.3 is 0 Å². The van der Waals surface area contributed by atoms with Gasteiger partial charge in [0.2, 0.25) is 0 Å². The van der Waals surface area contributed by atoms with E-state index >= 15 is 0 Å². The maximum atomic E-state index is 9.97. The summed E-state index contributed by atoms with van der Waals surface area (Å²) in [5.74, 6) is 0. The minimum Gasteiger partial charge on any atom is -0.455 e. The number of hydrogen-bond acceptors (Lipinski definition) is 2. The summed E-state index contributed by atoms with van der Waals surface area (Å²) < 4.78 is 85.1. The highest BCUT2D eigenvalue weighted by molar-refractivity contribution is 6.10. The molecule has 282 valence electrons. The highest BCUT2D eigenvalue weighted by Crippen LogP contribution is 2.48. The maximum Gasteiger partial charge on any atom is 0.143 e. The van der Waals surface area contributed by atoms with E-state index < -0.39 is 24.2 Å². The molecule has 11 aromatic rings. The standard InChI is InChI=1S/C58H39NO/c1-3-16-40(17-4-1)49-23-9-10-25-53(49)57-50(42-18-5-2-6-19-42)27-15-30-55(57)59(45-36-32-43(33-37-45)48-26-13-21-41-20-7-8-22-47(41)48)46-38-34-44(35-39-46)51-28-14-29-54-52-24-11-12-31-56(52)60-58(51)54/h1-39H/i32D,33D,34D,35D,36D,37D,38D,39D. The highest BCUT2D eigenvalue weighted by atomic mass is 16.3. The predicted octanol–water partition coefficient (Wildman–Crippen LogP) is 16.5. The molecular formula is C58H39NO. The molecule has 60 heavy (non-hydrogen) atoms. The maximum absolute atomic E-state index is 9.97. The molecular weight excluding hydrogens is 727 g/mol. The molecule has 0 unspecified atom stereocenters. The molecule has 2 nitrogen and oxygen atoms in total. The molecule has 0 radical (unpaired) electrons. The third kappa shape index (κ3) is 6.23. The zero-order chi connectivity index (χ0) is 46.8. The van der Waals surface area contributed by atoms with E-state index in [4.69, 9.17) is 4.42 Å². The van der Waals surface area contributed by atoms with Gasteiger partial charge in [0, 0.05) is 33.3 Å². The average Bonchev–Trinajstić information content (AvgIpc) is 3.77. The topological polar surface area (TPSA) is 16.4 Å². The molecule has 0 bridgehead atoms. The number of benzene rings is 10. The van der Waals surface area contributed by atoms with Gasteiger partial charge in [0.05, 0.1) is 16.7 Å². The van der Waals surface area contributed by atoms with Gasteiger partial charge in [-0.15, -0.1) is 0 Å². The van der Waals surface area contributed by atoms with E-state index in [0.29, 0.717) is 33.5 Å². The van der Waals surface area contributed by atoms with Crippen LogP contribution in [-0.4, -0.2) is 0 Å². The molecule has 0 aliphatic heterocycles. The van der Waals surface area contributed by atoms with Crippen molar-refractivity contribution in [1.82, 2.24) is 0 Å². The minimum absolute atomic E-state index is 0.0203. The van der Waals surface area contributed by atoms with E-state index in [9.17, 15) is 11.0 Å². The summed E-state index contributed by atoms with van der Waals surface area (Å²) in [4.78, 5) is 1.42. The largest absolute Gasteiger partial charge is 0.455 e. The van der Waals surface area contributed by atoms with Crippen molar-refractivity contribution in [2.45, 2.75) is 0 Å². The molecule has 11 rings (SSSR count). The van der Waals surface area contributed by atoms with Crippen molar-refractivity contribution >= 4 is 49.8 Å². The number of fused-ring (bicyclic) bond motifs is 4. The fourth-order valence-corrected chi connectivity index (χ4v) is 8.28. The van der Waals surface area contributed by atoms with Crippen LogP contribution in [0.4, 0.5) is 17.1 Å². The number of nitrogens with zero attached hydrogens (tertiary/aromatic N) is 1. The van der Waals surface area contributed by atoms with Gasteiger partial charge < -0.3 is 9.32 Å². The van der Waals surface area contributed by atoms with E-state index in [1.807, 2.05) is 164 Å². The Labute approximate surface area is 361 Å². The Balaban J connectivity index is 1.26. The smallest absolute Gasteiger partial charge is 0.143 e. The summed E-state index contributed by atoms with van der Waals surface area (Å²) in [6.07, 6.45) is 0. The van der Waals surface area contributed by atoms with Crippen molar-refractivity contribution in [2.75, 3.05) is 4.90 Å². The predicted molar refractivity (Wildman–Crippen MR) is 253 cm³/mol. The number of rotatable bonds is 8. The third-order valence-electron chi connectivity index (χ3n) is 11.1. The van der Waals surface area contributed by atoms with Crippen LogP contribution in [0.1, 0.15) is 11.0 Å². The van der Waals surface area contributed by atoms with Crippen LogP contribution in [-0.2, 0) is 0 Å². The van der Waals surface area contributed by atoms with Crippen molar-refractivity contribution in [3.8, 4) is 55.6 Å². The van der Waals surface area contributed by atoms with Crippen molar-refractivity contribution in [2.24, 2.45) is 0 Å². The first-order valence-corrected chi connectivity index (χ1v) is 19.9. The molecule has 0 aliphatic rings. The second-order valence-electron chi connectivity index (χ2n) is 14.6. The molecule has 0 saturated heterocycles. The number of anilines is 3. The number of hydrogen-bond donors (Lipinski definition) is 0. The van der Waals surface area contributed by atoms with Gasteiger partial charge in [-0.05, 0) is 91.6 Å². The van der Waals surface area contributed by atoms with Crippen LogP contribution in [0.2, 0.25) is 0 Å². The third-order valence-corrected chi connectivity index (χ3v) is 11.1. The molecule has 0 saturated carbocycles. The lowest BCUT2D eigenvalue weighted by molar-refractivity contribution is 0.670. The summed E-state index contributed by atoms with van der Waals surface area (Å²) in [6.45, 7) is 0. The van der Waals surface area contributed by atoms with Crippen LogP contribution >= 0.6 is 0 Å². The summed E-state index contributed by atoms with van der Waals surface area (Å²) >= 11 is 0. The fourth-order valence-electron chi connectivity index (χ4n) is 8.28. The second kappa shape index (κ2) is 15.1. The first-order chi connectivity index (χ1) is 33.1. The lowest BCUT2D eigenvalue weighted by Gasteiger charge is -2.30. The Morgan fingerprint density at radius 3 is 1.55 bits per heavy atom. The Hall–Kier alpha value is -7.94. The average molecular weight is 774 g/mol. The van der Waals surface area contributed by atoms with Crippen molar-refractivity contribution in [3.63, 3.8) is 0 Å². The molecule has 0 aliphatic carbocycles. The molecule has 1 aromatic heterocycles. The summed E-state index contributed by atoms with van der Waals surface area (Å²) in [5.41, 5.74) is 6.62. The SMILES string of the molecule is [2H]c1c([2H])c(N(c2cccc(-c3ccccc3)c2-c2ccccc2-c2ccccc2)c2c([2H])c([2H])c(-c3cccc4c3oc3ccccc34)c([2H])c2[2H])c([2H])c([2H])c1-c1cccc2ccccc12. The fraction of sp³-hybridized carbons (Fsp3) is 0. The Bertz CT molecular complexity index is 3730. The Kier molecular flexibility index (Phi) is 6.96. The van der Waals surface area contributed by atoms with Gasteiger partial charge in [-0.25, -0.2) is 0 Å². The highest BCUT2D eigenvalue weighted by Gasteiger charge is 2.23. The van der Waals surface area contributed by atoms with E-state index in [-0.39, 0.29) is 46.7 Å². The second-order valence-corrected chi connectivity index (χ2v) is 14.6. The van der Waals surface area contributed by atoms with Gasteiger partial charge in [0.15, 0.2) is 0 Å². The van der Waals surface area contributed by atoms with Gasteiger partial charge in [-0.2, -0.15) is 0 Å². The lowest BCUT2D eigenvalue weighted by atomic mass is 9.87. The zero-order valence-electron chi connectivity index (χ0n) is 40.3. The lowest BCUT2D eigenvalue weighted by Crippen LogP contribution is -2.12. The molecule has 0 atom stereocenters. The first-order valence-electron chi connectivity index (χ1n) is 23.9. The summed E-state index contributed by atoms with van der Waals surface area (Å²) in [7, 11) is 0.